The van der Waals surface area contributed by atoms with E-state index >= 15 is 0 Å². The highest BCUT2D eigenvalue weighted by atomic mass is 16.6. The van der Waals surface area contributed by atoms with Crippen molar-refractivity contribution in [1.82, 2.24) is 39.6 Å². The zero-order chi connectivity index (χ0) is 91.3. The maximum atomic E-state index is 13.9. The maximum absolute atomic E-state index is 13.9. The molecule has 12 atom stereocenters. The number of aliphatic carboxylic acids is 2. The van der Waals surface area contributed by atoms with Gasteiger partial charge >= 0.3 is 54.2 Å². The number of nitrogens with zero attached hydrogens (tertiary/aromatic N) is 7. The number of fused-ring (bicyclic) bond motifs is 5. The molecule has 0 aromatic heterocycles. The Morgan fingerprint density at radius 2 is 0.837 bits per heavy atom. The van der Waals surface area contributed by atoms with Gasteiger partial charge in [0.1, 0.15) is 81.0 Å². The van der Waals surface area contributed by atoms with E-state index in [4.69, 9.17) is 33.2 Å². The van der Waals surface area contributed by atoms with E-state index in [1.807, 2.05) is 96.2 Å². The number of amides is 7. The van der Waals surface area contributed by atoms with Crippen molar-refractivity contribution in [3.63, 3.8) is 0 Å². The van der Waals surface area contributed by atoms with Crippen LogP contribution in [-0.2, 0) is 71.5 Å². The first-order valence-corrected chi connectivity index (χ1v) is 43.2. The second kappa shape index (κ2) is 37.6. The standard InChI is InChI=1S/C27H26N2O5.C23H36N2O5.C21H32N2O5.C12H19NO4.C11H19NO2/c30-24(31)23-11-10-17-12-14-27(25(32)29(17)23)13-5-15-28(27)26(33)34-16-22-20-8-3-1-6-18(20)19-7-2-4-9-21(19)22;1-9-16-12-13-17(18(26)29-21(3,4)5)25(16)19(27)23(10-2)14-11-15-24(23)20(28)30-22(6,7)8;1-19(2,3)27-16(24)15-9-8-14-10-12-21(17(25)23(14)15)11-7-13-22(21)18(26)28-20(4,5)6;1-5-12(9(14)15)7-6-8-13(12)10(16)17-11(2,3)4;1-5-8-6-7-9(12-8)10(13)14-11(2,3)4/h1-4,6-9,12,14,17,22-23H,5,10-11,13,15-16H2,(H,30,31);9-10,16-17H,1-2,11-15H2,3-8H3;10,12,14-15H,7-9,11,13H2,1-6H3;5H,1,6-8H2,2-4H3,(H,14,15);5,8-9,12H,1,6-7H2,2-4H3/t17-,23-,27+;16-,17+,23+;14-,15-,21+;12-;8?,9-/m01000/s1. The summed E-state index contributed by atoms with van der Waals surface area (Å²) in [5.41, 5.74) is -3.86. The summed E-state index contributed by atoms with van der Waals surface area (Å²) in [5.74, 6) is -3.92. The van der Waals surface area contributed by atoms with Gasteiger partial charge < -0.3 is 58.1 Å². The summed E-state index contributed by atoms with van der Waals surface area (Å²) in [6, 6.07) is 13.6. The molecule has 0 radical (unpaired) electrons. The number of carboxylic acid groups (broad SMARTS) is 2. The van der Waals surface area contributed by atoms with Crippen LogP contribution < -0.4 is 5.32 Å². The van der Waals surface area contributed by atoms with Crippen LogP contribution in [0, 0.1) is 0 Å². The number of carboxylic acids is 2. The Labute approximate surface area is 724 Å². The van der Waals surface area contributed by atoms with Gasteiger partial charge in [0.2, 0.25) is 0 Å². The van der Waals surface area contributed by atoms with Crippen LogP contribution in [0.15, 0.2) is 123 Å². The van der Waals surface area contributed by atoms with Crippen molar-refractivity contribution in [3.05, 3.63) is 135 Å². The molecule has 1 unspecified atom stereocenters. The monoisotopic (exact) mass is 1710 g/mol. The lowest BCUT2D eigenvalue weighted by molar-refractivity contribution is -0.166. The summed E-state index contributed by atoms with van der Waals surface area (Å²) >= 11 is 0. The van der Waals surface area contributed by atoms with Gasteiger partial charge in [-0.2, -0.15) is 0 Å². The Morgan fingerprint density at radius 3 is 1.27 bits per heavy atom. The molecule has 29 heteroatoms. The molecule has 13 rings (SSSR count). The predicted molar refractivity (Wildman–Crippen MR) is 461 cm³/mol. The van der Waals surface area contributed by atoms with E-state index in [1.165, 1.54) is 41.6 Å². The zero-order valence-corrected chi connectivity index (χ0v) is 75.4. The summed E-state index contributed by atoms with van der Waals surface area (Å²) in [6.07, 6.45) is 21.4. The summed E-state index contributed by atoms with van der Waals surface area (Å²) in [4.78, 5) is 163. The van der Waals surface area contributed by atoms with Crippen LogP contribution in [0.5, 0.6) is 0 Å². The second-order valence-corrected chi connectivity index (χ2v) is 39.3. The summed E-state index contributed by atoms with van der Waals surface area (Å²) in [5, 5.41) is 22.0. The third-order valence-corrected chi connectivity index (χ3v) is 23.5. The van der Waals surface area contributed by atoms with Crippen molar-refractivity contribution >= 4 is 71.9 Å². The lowest BCUT2D eigenvalue weighted by Gasteiger charge is -2.43. The van der Waals surface area contributed by atoms with Crippen LogP contribution in [0.1, 0.15) is 244 Å². The van der Waals surface area contributed by atoms with E-state index < -0.39 is 116 Å². The minimum atomic E-state index is -1.32. The van der Waals surface area contributed by atoms with Crippen LogP contribution >= 0.6 is 0 Å². The molecule has 2 aromatic rings. The summed E-state index contributed by atoms with van der Waals surface area (Å²) < 4.78 is 38.5. The Kier molecular flexibility index (Phi) is 29.5. The minimum absolute atomic E-state index is 0.0631. The van der Waals surface area contributed by atoms with Gasteiger partial charge in [-0.25, -0.2) is 38.4 Å². The lowest BCUT2D eigenvalue weighted by atomic mass is 9.89. The van der Waals surface area contributed by atoms with E-state index in [1.54, 1.807) is 94.1 Å². The second-order valence-electron chi connectivity index (χ2n) is 39.3. The number of hydrogen-bond acceptors (Lipinski definition) is 20. The number of hydrogen-bond donors (Lipinski definition) is 3. The molecule has 2 aromatic carbocycles. The van der Waals surface area contributed by atoms with E-state index in [-0.39, 0.29) is 72.4 Å². The van der Waals surface area contributed by atoms with Gasteiger partial charge in [0, 0.05) is 38.1 Å². The fourth-order valence-corrected chi connectivity index (χ4v) is 18.2. The van der Waals surface area contributed by atoms with Crippen molar-refractivity contribution in [2.45, 2.75) is 337 Å². The first-order chi connectivity index (χ1) is 57.3. The third-order valence-electron chi connectivity index (χ3n) is 23.5. The smallest absolute Gasteiger partial charge is 0.411 e. The van der Waals surface area contributed by atoms with Crippen LogP contribution in [-0.4, -0.2) is 253 Å². The average Bonchev–Trinajstić information content (AvgIpc) is 1.61. The molecule has 8 saturated heterocycles. The number of likely N-dealkylation sites (tertiary alicyclic amines) is 5. The Morgan fingerprint density at radius 1 is 0.447 bits per heavy atom. The number of esters is 3. The number of rotatable bonds is 12. The van der Waals surface area contributed by atoms with Crippen LogP contribution in [0.25, 0.3) is 11.1 Å². The first kappa shape index (κ1) is 96.5. The average molecular weight is 1710 g/mol. The molecule has 3 N–H and O–H groups in total. The molecular weight excluding hydrogens is 1580 g/mol. The van der Waals surface area contributed by atoms with Gasteiger partial charge in [-0.05, 0) is 250 Å². The van der Waals surface area contributed by atoms with Crippen molar-refractivity contribution in [1.29, 1.82) is 0 Å². The lowest BCUT2D eigenvalue weighted by Crippen LogP contribution is -2.63. The molecule has 1 aliphatic carbocycles. The Balaban J connectivity index is 0.000000180. The number of carbonyl (C=O) groups is 12. The molecule has 7 amide bonds. The molecule has 10 aliphatic heterocycles. The molecule has 2 spiro atoms. The maximum Gasteiger partial charge on any atom is 0.411 e. The summed E-state index contributed by atoms with van der Waals surface area (Å²) in [6.45, 7) is 49.3. The van der Waals surface area contributed by atoms with Crippen molar-refractivity contribution in [2.75, 3.05) is 32.8 Å². The van der Waals surface area contributed by atoms with E-state index in [0.29, 0.717) is 116 Å². The zero-order valence-electron chi connectivity index (χ0n) is 75.4. The molecule has 674 valence electrons. The van der Waals surface area contributed by atoms with Crippen molar-refractivity contribution < 1.29 is 101 Å². The van der Waals surface area contributed by atoms with Crippen molar-refractivity contribution in [2.24, 2.45) is 0 Å². The van der Waals surface area contributed by atoms with E-state index in [9.17, 15) is 67.7 Å². The molecule has 10 heterocycles. The molecular formula is C94H132N8O21. The molecule has 29 nitrogen and oxygen atoms in total. The normalized spacial score (nSPS) is 27.4. The highest BCUT2D eigenvalue weighted by molar-refractivity contribution is 5.99. The van der Waals surface area contributed by atoms with Gasteiger partial charge in [0.15, 0.2) is 5.54 Å². The fraction of sp³-hybridized carbons (Fsp3) is 0.617. The van der Waals surface area contributed by atoms with Crippen LogP contribution in [0.4, 0.5) is 19.2 Å². The molecule has 0 bridgehead atoms. The van der Waals surface area contributed by atoms with Crippen LogP contribution in [0.3, 0.4) is 0 Å². The first-order valence-electron chi connectivity index (χ1n) is 43.2. The number of ether oxygens (including phenoxy) is 7. The fourth-order valence-electron chi connectivity index (χ4n) is 18.2. The molecule has 0 saturated carbocycles. The summed E-state index contributed by atoms with van der Waals surface area (Å²) in [7, 11) is 0. The Hall–Kier alpha value is -10.3. The number of nitrogens with one attached hydrogen (secondary N) is 1. The quantitative estimate of drug-likeness (QED) is 0.101. The predicted octanol–water partition coefficient (Wildman–Crippen LogP) is 14.3. The highest BCUT2D eigenvalue weighted by Gasteiger charge is 2.61. The number of benzene rings is 2. The SMILES string of the molecule is C=CC1CC[C@@H](C(=O)OC(C)(C)C)N1.C=C[C@@H]1CC[C@@H](C(=O)OC(C)(C)C)N1C(=O)[C@]1(C=C)CCCN1C(=O)OC(C)(C)C.C=C[C@@]1(C(=O)O)CCCN1C(=O)OC(C)(C)C.CC(C)(C)OC(=O)[C@@H]1CC[C@H]2C=C[C@]3(CCCN3C(=O)OC(C)(C)C)C(=O)N21.O=C(O)[C@@H]1CC[C@H]2C=C[C@]3(CCCN3C(=O)OCC3c4ccccc4-c4ccccc43)C(=O)N21. The van der Waals surface area contributed by atoms with Gasteiger partial charge in [0.25, 0.3) is 17.7 Å². The van der Waals surface area contributed by atoms with Gasteiger partial charge in [0.05, 0.1) is 18.1 Å². The van der Waals surface area contributed by atoms with Crippen LogP contribution in [0.2, 0.25) is 0 Å². The van der Waals surface area contributed by atoms with E-state index in [2.05, 4.69) is 55.9 Å². The topological polar surface area (TPSA) is 345 Å². The van der Waals surface area contributed by atoms with Crippen molar-refractivity contribution in [3.8, 4) is 11.1 Å². The molecule has 11 aliphatic rings. The largest absolute Gasteiger partial charge is 0.480 e. The molecule has 123 heavy (non-hydrogen) atoms. The Bertz CT molecular complexity index is 4370. The third kappa shape index (κ3) is 21.7. The van der Waals surface area contributed by atoms with Gasteiger partial charge in [-0.15, -0.1) is 26.3 Å². The van der Waals surface area contributed by atoms with E-state index in [0.717, 1.165) is 35.1 Å². The minimum Gasteiger partial charge on any atom is -0.480 e. The highest BCUT2D eigenvalue weighted by Crippen LogP contribution is 2.48. The number of carbonyl (C=O) groups excluding carboxylic acids is 10. The van der Waals surface area contributed by atoms with Gasteiger partial charge in [-0.3, -0.25) is 44.1 Å². The van der Waals surface area contributed by atoms with Gasteiger partial charge in [-0.1, -0.05) is 97.1 Å². The molecule has 8 fully saturated rings.